The molecule has 8 heteroatoms. The van der Waals surface area contributed by atoms with Crippen molar-refractivity contribution in [2.75, 3.05) is 5.88 Å². The van der Waals surface area contributed by atoms with Crippen molar-refractivity contribution in [3.8, 4) is 11.5 Å². The molecule has 0 fully saturated rings. The van der Waals surface area contributed by atoms with Crippen LogP contribution in [-0.2, 0) is 4.79 Å². The summed E-state index contributed by atoms with van der Waals surface area (Å²) < 4.78 is 44.0. The summed E-state index contributed by atoms with van der Waals surface area (Å²) in [6.45, 7) is 0. The molecule has 0 aliphatic heterocycles. The Morgan fingerprint density at radius 3 is 2.56 bits per heavy atom. The van der Waals surface area contributed by atoms with Crippen molar-refractivity contribution in [2.45, 2.75) is 6.36 Å². The van der Waals surface area contributed by atoms with Gasteiger partial charge in [-0.3, -0.25) is 9.59 Å². The summed E-state index contributed by atoms with van der Waals surface area (Å²) in [7, 11) is 0. The second kappa shape index (κ2) is 5.72. The molecule has 0 saturated carbocycles. The fourth-order valence-corrected chi connectivity index (χ4v) is 1.11. The van der Waals surface area contributed by atoms with Crippen LogP contribution in [0.15, 0.2) is 18.2 Å². The van der Waals surface area contributed by atoms with Crippen molar-refractivity contribution in [1.82, 2.24) is 0 Å². The fourth-order valence-electron chi connectivity index (χ4n) is 1.06. The topological polar surface area (TPSA) is 52.6 Å². The molecular formula is C10H6ClF3O4. The van der Waals surface area contributed by atoms with E-state index < -0.39 is 24.0 Å². The zero-order chi connectivity index (χ0) is 13.8. The van der Waals surface area contributed by atoms with Gasteiger partial charge < -0.3 is 9.47 Å². The maximum atomic E-state index is 11.9. The lowest BCUT2D eigenvalue weighted by molar-refractivity contribution is -0.274. The van der Waals surface area contributed by atoms with Crippen molar-refractivity contribution < 1.29 is 32.2 Å². The molecule has 0 amide bonds. The Morgan fingerprint density at radius 1 is 1.39 bits per heavy atom. The van der Waals surface area contributed by atoms with E-state index in [1.807, 2.05) is 0 Å². The predicted molar refractivity (Wildman–Crippen MR) is 54.9 cm³/mol. The van der Waals surface area contributed by atoms with Crippen LogP contribution < -0.4 is 9.47 Å². The van der Waals surface area contributed by atoms with Crippen LogP contribution in [0.1, 0.15) is 10.4 Å². The molecule has 0 unspecified atom stereocenters. The van der Waals surface area contributed by atoms with Crippen LogP contribution in [0.25, 0.3) is 0 Å². The van der Waals surface area contributed by atoms with Crippen LogP contribution in [0.3, 0.4) is 0 Å². The minimum absolute atomic E-state index is 0.190. The number of hydrogen-bond donors (Lipinski definition) is 0. The highest BCUT2D eigenvalue weighted by Crippen LogP contribution is 2.27. The van der Waals surface area contributed by atoms with E-state index in [9.17, 15) is 22.8 Å². The molecule has 0 aliphatic rings. The Balaban J connectivity index is 2.96. The normalized spacial score (nSPS) is 10.9. The number of aldehydes is 1. The third kappa shape index (κ3) is 4.25. The molecule has 0 atom stereocenters. The Morgan fingerprint density at radius 2 is 2.06 bits per heavy atom. The predicted octanol–water partition coefficient (Wildman–Crippen LogP) is 2.54. The molecule has 1 rings (SSSR count). The van der Waals surface area contributed by atoms with Gasteiger partial charge in [0.05, 0.1) is 5.56 Å². The quantitative estimate of drug-likeness (QED) is 0.368. The summed E-state index contributed by atoms with van der Waals surface area (Å²) in [4.78, 5) is 21.5. The van der Waals surface area contributed by atoms with Crippen molar-refractivity contribution in [2.24, 2.45) is 0 Å². The summed E-state index contributed by atoms with van der Waals surface area (Å²) in [5.74, 6) is -2.05. The van der Waals surface area contributed by atoms with Crippen molar-refractivity contribution in [3.63, 3.8) is 0 Å². The standard InChI is InChI=1S/C10H6ClF3O4/c11-4-9(16)17-8-2-1-7(3-6(8)5-15)18-10(12,13)14/h1-3,5H,4H2. The molecule has 0 aliphatic carbocycles. The van der Waals surface area contributed by atoms with Gasteiger partial charge in [0.25, 0.3) is 0 Å². The number of alkyl halides is 4. The SMILES string of the molecule is O=Cc1cc(OC(F)(F)F)ccc1OC(=O)CCl. The van der Waals surface area contributed by atoms with Crippen molar-refractivity contribution in [3.05, 3.63) is 23.8 Å². The van der Waals surface area contributed by atoms with Gasteiger partial charge in [0.2, 0.25) is 0 Å². The van der Waals surface area contributed by atoms with E-state index in [0.29, 0.717) is 0 Å². The zero-order valence-electron chi connectivity index (χ0n) is 8.66. The average Bonchev–Trinajstić information content (AvgIpc) is 2.28. The molecule has 0 bridgehead atoms. The monoisotopic (exact) mass is 282 g/mol. The third-order valence-electron chi connectivity index (χ3n) is 1.67. The summed E-state index contributed by atoms with van der Waals surface area (Å²) in [6, 6.07) is 2.73. The van der Waals surface area contributed by atoms with Gasteiger partial charge in [-0.15, -0.1) is 24.8 Å². The first-order valence-corrected chi connectivity index (χ1v) is 5.01. The fraction of sp³-hybridized carbons (Fsp3) is 0.200. The molecule has 1 aromatic rings. The maximum absolute atomic E-state index is 11.9. The molecule has 0 N–H and O–H groups in total. The second-order valence-electron chi connectivity index (χ2n) is 2.97. The minimum atomic E-state index is -4.87. The highest BCUT2D eigenvalue weighted by molar-refractivity contribution is 6.26. The molecule has 0 spiro atoms. The van der Waals surface area contributed by atoms with Crippen molar-refractivity contribution in [1.29, 1.82) is 0 Å². The third-order valence-corrected chi connectivity index (χ3v) is 1.89. The largest absolute Gasteiger partial charge is 0.573 e. The Kier molecular flexibility index (Phi) is 4.55. The molecule has 98 valence electrons. The lowest BCUT2D eigenvalue weighted by Gasteiger charge is -2.10. The summed E-state index contributed by atoms with van der Waals surface area (Å²) >= 11 is 5.18. The summed E-state index contributed by atoms with van der Waals surface area (Å²) in [5, 5.41) is 0. The van der Waals surface area contributed by atoms with E-state index in [1.54, 1.807) is 0 Å². The number of benzene rings is 1. The number of carbonyl (C=O) groups excluding carboxylic acids is 2. The first kappa shape index (κ1) is 14.3. The van der Waals surface area contributed by atoms with E-state index >= 15 is 0 Å². The van der Waals surface area contributed by atoms with E-state index in [-0.39, 0.29) is 17.6 Å². The van der Waals surface area contributed by atoms with Crippen LogP contribution in [0, 0.1) is 0 Å². The van der Waals surface area contributed by atoms with E-state index in [1.165, 1.54) is 0 Å². The summed E-state index contributed by atoms with van der Waals surface area (Å²) in [6.07, 6.45) is -4.63. The lowest BCUT2D eigenvalue weighted by Crippen LogP contribution is -2.17. The van der Waals surface area contributed by atoms with Gasteiger partial charge in [-0.25, -0.2) is 0 Å². The van der Waals surface area contributed by atoms with Crippen molar-refractivity contribution >= 4 is 23.9 Å². The number of ether oxygens (including phenoxy) is 2. The summed E-state index contributed by atoms with van der Waals surface area (Å²) in [5.41, 5.74) is -0.254. The van der Waals surface area contributed by atoms with E-state index in [2.05, 4.69) is 9.47 Å². The smallest absolute Gasteiger partial charge is 0.425 e. The van der Waals surface area contributed by atoms with Crippen LogP contribution in [0.2, 0.25) is 0 Å². The highest BCUT2D eigenvalue weighted by atomic mass is 35.5. The number of halogens is 4. The van der Waals surface area contributed by atoms with Gasteiger partial charge in [0.1, 0.15) is 17.4 Å². The Labute approximate surface area is 104 Å². The van der Waals surface area contributed by atoms with Gasteiger partial charge in [-0.1, -0.05) is 0 Å². The molecule has 1 aromatic carbocycles. The van der Waals surface area contributed by atoms with Crippen LogP contribution in [-0.4, -0.2) is 24.5 Å². The molecule has 0 aromatic heterocycles. The number of rotatable bonds is 4. The first-order valence-electron chi connectivity index (χ1n) is 4.47. The van der Waals surface area contributed by atoms with E-state index in [0.717, 1.165) is 18.2 Å². The number of esters is 1. The maximum Gasteiger partial charge on any atom is 0.573 e. The molecule has 0 saturated heterocycles. The first-order chi connectivity index (χ1) is 8.35. The number of carbonyl (C=O) groups is 2. The molecule has 0 heterocycles. The Hall–Kier alpha value is -1.76. The molecule has 18 heavy (non-hydrogen) atoms. The van der Waals surface area contributed by atoms with Gasteiger partial charge in [-0.05, 0) is 18.2 Å². The van der Waals surface area contributed by atoms with Crippen LogP contribution in [0.4, 0.5) is 13.2 Å². The molecule has 4 nitrogen and oxygen atoms in total. The van der Waals surface area contributed by atoms with Gasteiger partial charge in [0.15, 0.2) is 6.29 Å². The van der Waals surface area contributed by atoms with Crippen LogP contribution >= 0.6 is 11.6 Å². The highest BCUT2D eigenvalue weighted by Gasteiger charge is 2.31. The van der Waals surface area contributed by atoms with Gasteiger partial charge >= 0.3 is 12.3 Å². The zero-order valence-corrected chi connectivity index (χ0v) is 9.42. The molecule has 0 radical (unpaired) electrons. The minimum Gasteiger partial charge on any atom is -0.425 e. The van der Waals surface area contributed by atoms with Gasteiger partial charge in [-0.2, -0.15) is 0 Å². The second-order valence-corrected chi connectivity index (χ2v) is 3.24. The average molecular weight is 283 g/mol. The molecular weight excluding hydrogens is 277 g/mol. The lowest BCUT2D eigenvalue weighted by atomic mass is 10.2. The Bertz CT molecular complexity index is 459. The van der Waals surface area contributed by atoms with Gasteiger partial charge in [0, 0.05) is 0 Å². The van der Waals surface area contributed by atoms with Crippen LogP contribution in [0.5, 0.6) is 11.5 Å². The van der Waals surface area contributed by atoms with E-state index in [4.69, 9.17) is 11.6 Å². The number of hydrogen-bond acceptors (Lipinski definition) is 4.